The summed E-state index contributed by atoms with van der Waals surface area (Å²) in [6, 6.07) is 15.0. The Bertz CT molecular complexity index is 929. The zero-order chi connectivity index (χ0) is 18.2. The molecular formula is C19H15BrN2O3S. The third-order valence-corrected chi connectivity index (χ3v) is 4.53. The van der Waals surface area contributed by atoms with Gasteiger partial charge >= 0.3 is 0 Å². The molecule has 1 N–H and O–H groups in total. The van der Waals surface area contributed by atoms with E-state index in [9.17, 15) is 4.79 Å². The lowest BCUT2D eigenvalue weighted by atomic mass is 10.3. The molecule has 0 aliphatic carbocycles. The van der Waals surface area contributed by atoms with E-state index < -0.39 is 0 Å². The average Bonchev–Trinajstić information content (AvgIpc) is 3.06. The van der Waals surface area contributed by atoms with Gasteiger partial charge in [0.25, 0.3) is 5.22 Å². The number of para-hydroxylation sites is 2. The van der Waals surface area contributed by atoms with Gasteiger partial charge in [0.15, 0.2) is 5.58 Å². The summed E-state index contributed by atoms with van der Waals surface area (Å²) in [5.74, 6) is 6.56. The molecule has 3 rings (SSSR count). The zero-order valence-electron chi connectivity index (χ0n) is 13.7. The molecule has 1 amide bonds. The molecule has 7 heteroatoms. The maximum Gasteiger partial charge on any atom is 0.257 e. The number of benzene rings is 2. The number of thioether (sulfide) groups is 1. The third kappa shape index (κ3) is 5.55. The Hall–Kier alpha value is -2.43. The van der Waals surface area contributed by atoms with Crippen LogP contribution in [0, 0.1) is 11.8 Å². The van der Waals surface area contributed by atoms with Gasteiger partial charge in [-0.2, -0.15) is 0 Å². The first-order chi connectivity index (χ1) is 12.7. The minimum Gasteiger partial charge on any atom is -0.481 e. The van der Waals surface area contributed by atoms with E-state index in [0.29, 0.717) is 10.8 Å². The van der Waals surface area contributed by atoms with Crippen LogP contribution in [0.25, 0.3) is 11.1 Å². The first-order valence-electron chi connectivity index (χ1n) is 7.80. The van der Waals surface area contributed by atoms with Crippen LogP contribution in [-0.4, -0.2) is 29.8 Å². The second-order valence-corrected chi connectivity index (χ2v) is 6.95. The van der Waals surface area contributed by atoms with Crippen LogP contribution in [0.5, 0.6) is 5.75 Å². The molecule has 0 atom stereocenters. The van der Waals surface area contributed by atoms with E-state index >= 15 is 0 Å². The topological polar surface area (TPSA) is 64.4 Å². The summed E-state index contributed by atoms with van der Waals surface area (Å²) >= 11 is 4.63. The van der Waals surface area contributed by atoms with Crippen molar-refractivity contribution in [2.24, 2.45) is 0 Å². The standard InChI is InChI=1S/C19H15BrN2O3S/c20-14-6-5-7-15(12-14)24-11-4-3-10-21-18(23)13-26-19-22-16-8-1-2-9-17(16)25-19/h1-2,5-9,12H,10-11,13H2,(H,21,23). The van der Waals surface area contributed by atoms with Gasteiger partial charge in [0.2, 0.25) is 5.91 Å². The number of carbonyl (C=O) groups is 1. The number of aromatic nitrogens is 1. The second-order valence-electron chi connectivity index (χ2n) is 5.11. The van der Waals surface area contributed by atoms with Crippen molar-refractivity contribution in [1.82, 2.24) is 10.3 Å². The van der Waals surface area contributed by atoms with Crippen LogP contribution < -0.4 is 10.1 Å². The van der Waals surface area contributed by atoms with Crippen LogP contribution in [0.4, 0.5) is 0 Å². The summed E-state index contributed by atoms with van der Waals surface area (Å²) in [7, 11) is 0. The Labute approximate surface area is 163 Å². The van der Waals surface area contributed by atoms with Gasteiger partial charge in [-0.25, -0.2) is 4.98 Å². The summed E-state index contributed by atoms with van der Waals surface area (Å²) in [6.45, 7) is 0.540. The molecule has 132 valence electrons. The highest BCUT2D eigenvalue weighted by Crippen LogP contribution is 2.22. The predicted octanol–water partition coefficient (Wildman–Crippen LogP) is 3.88. The molecule has 5 nitrogen and oxygen atoms in total. The Kier molecular flexibility index (Phi) is 6.58. The first-order valence-corrected chi connectivity index (χ1v) is 9.58. The van der Waals surface area contributed by atoms with Crippen molar-refractivity contribution in [2.45, 2.75) is 5.22 Å². The fraction of sp³-hybridized carbons (Fsp3) is 0.158. The Morgan fingerprint density at radius 2 is 2.12 bits per heavy atom. The van der Waals surface area contributed by atoms with Crippen LogP contribution in [0.15, 0.2) is 62.6 Å². The maximum absolute atomic E-state index is 11.8. The van der Waals surface area contributed by atoms with Gasteiger partial charge in [0.1, 0.15) is 17.9 Å². The Morgan fingerprint density at radius 1 is 1.23 bits per heavy atom. The molecule has 0 aliphatic rings. The highest BCUT2D eigenvalue weighted by atomic mass is 79.9. The largest absolute Gasteiger partial charge is 0.481 e. The number of hydrogen-bond donors (Lipinski definition) is 1. The van der Waals surface area contributed by atoms with Crippen molar-refractivity contribution >= 4 is 44.7 Å². The van der Waals surface area contributed by atoms with Crippen LogP contribution in [0.3, 0.4) is 0 Å². The van der Waals surface area contributed by atoms with Crippen molar-refractivity contribution in [3.05, 3.63) is 53.0 Å². The summed E-state index contributed by atoms with van der Waals surface area (Å²) in [4.78, 5) is 16.1. The average molecular weight is 431 g/mol. The molecule has 26 heavy (non-hydrogen) atoms. The lowest BCUT2D eigenvalue weighted by Gasteiger charge is -2.01. The van der Waals surface area contributed by atoms with Gasteiger partial charge in [-0.1, -0.05) is 57.7 Å². The van der Waals surface area contributed by atoms with Crippen LogP contribution in [0.2, 0.25) is 0 Å². The third-order valence-electron chi connectivity index (χ3n) is 3.21. The molecule has 0 bridgehead atoms. The molecule has 0 unspecified atom stereocenters. The van der Waals surface area contributed by atoms with E-state index in [-0.39, 0.29) is 24.8 Å². The molecule has 2 aromatic carbocycles. The lowest BCUT2D eigenvalue weighted by Crippen LogP contribution is -2.25. The minimum absolute atomic E-state index is 0.125. The fourth-order valence-electron chi connectivity index (χ4n) is 2.02. The molecule has 1 heterocycles. The van der Waals surface area contributed by atoms with Crippen molar-refractivity contribution in [3.8, 4) is 17.6 Å². The van der Waals surface area contributed by atoms with E-state index in [1.54, 1.807) is 0 Å². The molecule has 0 saturated carbocycles. The number of hydrogen-bond acceptors (Lipinski definition) is 5. The van der Waals surface area contributed by atoms with Crippen molar-refractivity contribution in [2.75, 3.05) is 18.9 Å². The van der Waals surface area contributed by atoms with E-state index in [1.165, 1.54) is 11.8 Å². The normalized spacial score (nSPS) is 10.2. The van der Waals surface area contributed by atoms with Gasteiger partial charge in [-0.3, -0.25) is 4.79 Å². The molecule has 0 fully saturated rings. The molecule has 0 spiro atoms. The number of fused-ring (bicyclic) bond motifs is 1. The van der Waals surface area contributed by atoms with Crippen LogP contribution in [0.1, 0.15) is 0 Å². The van der Waals surface area contributed by atoms with Crippen molar-refractivity contribution in [1.29, 1.82) is 0 Å². The summed E-state index contributed by atoms with van der Waals surface area (Å²) < 4.78 is 12.0. The first kappa shape index (κ1) is 18.4. The smallest absolute Gasteiger partial charge is 0.257 e. The quantitative estimate of drug-likeness (QED) is 0.474. The lowest BCUT2D eigenvalue weighted by molar-refractivity contribution is -0.118. The number of amides is 1. The van der Waals surface area contributed by atoms with Gasteiger partial charge < -0.3 is 14.5 Å². The monoisotopic (exact) mass is 430 g/mol. The Balaban J connectivity index is 1.35. The molecule has 0 aliphatic heterocycles. The van der Waals surface area contributed by atoms with Gasteiger partial charge in [0, 0.05) is 4.47 Å². The fourth-order valence-corrected chi connectivity index (χ4v) is 3.07. The molecular weight excluding hydrogens is 416 g/mol. The number of oxazole rings is 1. The summed E-state index contributed by atoms with van der Waals surface area (Å²) in [5.41, 5.74) is 1.50. The van der Waals surface area contributed by atoms with E-state index in [2.05, 4.69) is 38.1 Å². The molecule has 1 aromatic heterocycles. The minimum atomic E-state index is -0.125. The highest BCUT2D eigenvalue weighted by molar-refractivity contribution is 9.10. The van der Waals surface area contributed by atoms with Crippen LogP contribution in [-0.2, 0) is 4.79 Å². The van der Waals surface area contributed by atoms with Crippen molar-refractivity contribution in [3.63, 3.8) is 0 Å². The van der Waals surface area contributed by atoms with Crippen LogP contribution >= 0.6 is 27.7 Å². The summed E-state index contributed by atoms with van der Waals surface area (Å²) in [5, 5.41) is 3.21. The number of halogens is 1. The Morgan fingerprint density at radius 3 is 2.96 bits per heavy atom. The number of ether oxygens (including phenoxy) is 1. The number of rotatable bonds is 6. The summed E-state index contributed by atoms with van der Waals surface area (Å²) in [6.07, 6.45) is 0. The van der Waals surface area contributed by atoms with Gasteiger partial charge in [0.05, 0.1) is 12.3 Å². The van der Waals surface area contributed by atoms with E-state index in [0.717, 1.165) is 15.7 Å². The van der Waals surface area contributed by atoms with Gasteiger partial charge in [-0.05, 0) is 30.3 Å². The number of nitrogens with one attached hydrogen (secondary N) is 1. The van der Waals surface area contributed by atoms with E-state index in [4.69, 9.17) is 9.15 Å². The predicted molar refractivity (Wildman–Crippen MR) is 105 cm³/mol. The van der Waals surface area contributed by atoms with Crippen molar-refractivity contribution < 1.29 is 13.9 Å². The highest BCUT2D eigenvalue weighted by Gasteiger charge is 2.08. The maximum atomic E-state index is 11.8. The molecule has 3 aromatic rings. The zero-order valence-corrected chi connectivity index (χ0v) is 16.1. The molecule has 0 saturated heterocycles. The SMILES string of the molecule is O=C(CSc1nc2ccccc2o1)NCC#CCOc1cccc(Br)c1. The number of carbonyl (C=O) groups excluding carboxylic acids is 1. The van der Waals surface area contributed by atoms with E-state index in [1.807, 2.05) is 48.5 Å². The van der Waals surface area contributed by atoms with Gasteiger partial charge in [-0.15, -0.1) is 0 Å². The number of nitrogens with zero attached hydrogens (tertiary/aromatic N) is 1. The molecule has 0 radical (unpaired) electrons. The second kappa shape index (κ2) is 9.32.